The Labute approximate surface area is 113 Å². The van der Waals surface area contributed by atoms with Gasteiger partial charge in [0.15, 0.2) is 0 Å². The first-order valence-corrected chi connectivity index (χ1v) is 8.10. The van der Waals surface area contributed by atoms with E-state index in [1.165, 1.54) is 58.0 Å². The molecule has 0 bridgehead atoms. The molecular formula is C16H32N2. The zero-order valence-corrected chi connectivity index (χ0v) is 12.6. The monoisotopic (exact) mass is 252 g/mol. The first-order valence-electron chi connectivity index (χ1n) is 8.10. The predicted molar refractivity (Wildman–Crippen MR) is 78.6 cm³/mol. The maximum atomic E-state index is 6.36. The van der Waals surface area contributed by atoms with Crippen molar-refractivity contribution in [2.75, 3.05) is 13.1 Å². The second-order valence-corrected chi connectivity index (χ2v) is 6.89. The van der Waals surface area contributed by atoms with Crippen LogP contribution in [0.2, 0.25) is 0 Å². The van der Waals surface area contributed by atoms with Crippen LogP contribution in [-0.2, 0) is 0 Å². The van der Waals surface area contributed by atoms with E-state index < -0.39 is 0 Å². The minimum absolute atomic E-state index is 0.428. The maximum Gasteiger partial charge on any atom is 0.0249 e. The van der Waals surface area contributed by atoms with Crippen molar-refractivity contribution < 1.29 is 0 Å². The number of nitrogens with zero attached hydrogens (tertiary/aromatic N) is 1. The normalized spacial score (nSPS) is 37.7. The average molecular weight is 252 g/mol. The van der Waals surface area contributed by atoms with Gasteiger partial charge in [-0.2, -0.15) is 0 Å². The molecule has 2 N–H and O–H groups in total. The van der Waals surface area contributed by atoms with Gasteiger partial charge in [-0.15, -0.1) is 0 Å². The van der Waals surface area contributed by atoms with Gasteiger partial charge in [-0.3, -0.25) is 4.90 Å². The zero-order valence-electron chi connectivity index (χ0n) is 12.6. The van der Waals surface area contributed by atoms with Crippen LogP contribution in [0.25, 0.3) is 0 Å². The maximum absolute atomic E-state index is 6.36. The van der Waals surface area contributed by atoms with Crippen molar-refractivity contribution in [1.82, 2.24) is 4.90 Å². The van der Waals surface area contributed by atoms with Crippen LogP contribution in [0.15, 0.2) is 0 Å². The third-order valence-electron chi connectivity index (χ3n) is 5.96. The van der Waals surface area contributed by atoms with E-state index in [9.17, 15) is 0 Å². The molecule has 0 radical (unpaired) electrons. The number of rotatable bonds is 3. The van der Waals surface area contributed by atoms with E-state index in [0.29, 0.717) is 17.5 Å². The fraction of sp³-hybridized carbons (Fsp3) is 1.00. The quantitative estimate of drug-likeness (QED) is 0.834. The highest BCUT2D eigenvalue weighted by atomic mass is 15.2. The van der Waals surface area contributed by atoms with Crippen LogP contribution in [0.5, 0.6) is 0 Å². The van der Waals surface area contributed by atoms with Gasteiger partial charge in [0, 0.05) is 12.1 Å². The molecule has 2 nitrogen and oxygen atoms in total. The molecule has 2 fully saturated rings. The van der Waals surface area contributed by atoms with E-state index in [1.807, 2.05) is 0 Å². The summed E-state index contributed by atoms with van der Waals surface area (Å²) in [4.78, 5) is 2.71. The topological polar surface area (TPSA) is 29.3 Å². The average Bonchev–Trinajstić information content (AvgIpc) is 2.42. The van der Waals surface area contributed by atoms with Gasteiger partial charge in [0.05, 0.1) is 0 Å². The molecule has 2 heteroatoms. The Bertz CT molecular complexity index is 250. The summed E-state index contributed by atoms with van der Waals surface area (Å²) >= 11 is 0. The summed E-state index contributed by atoms with van der Waals surface area (Å²) in [7, 11) is 0. The van der Waals surface area contributed by atoms with E-state index >= 15 is 0 Å². The van der Waals surface area contributed by atoms with Crippen molar-refractivity contribution in [3.63, 3.8) is 0 Å². The Morgan fingerprint density at radius 1 is 1.11 bits per heavy atom. The van der Waals surface area contributed by atoms with E-state index in [0.717, 1.165) is 5.92 Å². The Morgan fingerprint density at radius 3 is 2.28 bits per heavy atom. The van der Waals surface area contributed by atoms with Crippen LogP contribution >= 0.6 is 0 Å². The SMILES string of the molecule is CCC1(CC)CCN(C2CC(C)CCC2N)CC1. The van der Waals surface area contributed by atoms with Crippen LogP contribution in [-0.4, -0.2) is 30.1 Å². The van der Waals surface area contributed by atoms with Crippen molar-refractivity contribution in [3.8, 4) is 0 Å². The second-order valence-electron chi connectivity index (χ2n) is 6.89. The smallest absolute Gasteiger partial charge is 0.0249 e. The molecule has 1 aliphatic carbocycles. The Hall–Kier alpha value is -0.0800. The van der Waals surface area contributed by atoms with E-state index in [4.69, 9.17) is 5.73 Å². The highest BCUT2D eigenvalue weighted by Gasteiger charge is 2.37. The van der Waals surface area contributed by atoms with Gasteiger partial charge in [-0.25, -0.2) is 0 Å². The number of likely N-dealkylation sites (tertiary alicyclic amines) is 1. The van der Waals surface area contributed by atoms with Gasteiger partial charge in [-0.1, -0.05) is 33.6 Å². The molecule has 2 aliphatic rings. The van der Waals surface area contributed by atoms with Gasteiger partial charge in [0.25, 0.3) is 0 Å². The largest absolute Gasteiger partial charge is 0.326 e. The molecule has 0 spiro atoms. The molecule has 1 saturated carbocycles. The second kappa shape index (κ2) is 5.92. The molecule has 0 amide bonds. The third kappa shape index (κ3) is 2.91. The Balaban J connectivity index is 1.92. The van der Waals surface area contributed by atoms with Crippen molar-refractivity contribution in [2.24, 2.45) is 17.1 Å². The van der Waals surface area contributed by atoms with E-state index in [-0.39, 0.29) is 0 Å². The molecule has 18 heavy (non-hydrogen) atoms. The minimum atomic E-state index is 0.428. The fourth-order valence-electron chi connectivity index (χ4n) is 4.08. The summed E-state index contributed by atoms with van der Waals surface area (Å²) in [5.74, 6) is 0.874. The predicted octanol–water partition coefficient (Wildman–Crippen LogP) is 3.40. The lowest BCUT2D eigenvalue weighted by Gasteiger charge is -2.47. The number of nitrogens with two attached hydrogens (primary N) is 1. The molecular weight excluding hydrogens is 220 g/mol. The van der Waals surface area contributed by atoms with Crippen LogP contribution in [0, 0.1) is 11.3 Å². The Morgan fingerprint density at radius 2 is 1.72 bits per heavy atom. The summed E-state index contributed by atoms with van der Waals surface area (Å²) in [6.07, 6.45) is 9.37. The van der Waals surface area contributed by atoms with Gasteiger partial charge in [-0.05, 0) is 56.5 Å². The molecule has 106 valence electrons. The van der Waals surface area contributed by atoms with Crippen molar-refractivity contribution in [2.45, 2.75) is 77.8 Å². The van der Waals surface area contributed by atoms with Gasteiger partial charge in [0.1, 0.15) is 0 Å². The van der Waals surface area contributed by atoms with Gasteiger partial charge < -0.3 is 5.73 Å². The number of hydrogen-bond donors (Lipinski definition) is 1. The standard InChI is InChI=1S/C16H32N2/c1-4-16(5-2)8-10-18(11-9-16)15-12-13(3)6-7-14(15)17/h13-15H,4-12,17H2,1-3H3. The molecule has 0 aromatic carbocycles. The summed E-state index contributed by atoms with van der Waals surface area (Å²) in [6, 6.07) is 1.09. The molecule has 1 saturated heterocycles. The number of piperidine rings is 1. The first-order chi connectivity index (χ1) is 8.60. The lowest BCUT2D eigenvalue weighted by atomic mass is 9.73. The molecule has 0 aromatic rings. The summed E-state index contributed by atoms with van der Waals surface area (Å²) < 4.78 is 0. The lowest BCUT2D eigenvalue weighted by molar-refractivity contribution is 0.0374. The highest BCUT2D eigenvalue weighted by molar-refractivity contribution is 4.92. The van der Waals surface area contributed by atoms with Crippen LogP contribution < -0.4 is 5.73 Å². The lowest BCUT2D eigenvalue weighted by Crippen LogP contribution is -2.54. The van der Waals surface area contributed by atoms with Crippen LogP contribution in [0.4, 0.5) is 0 Å². The van der Waals surface area contributed by atoms with Crippen LogP contribution in [0.1, 0.15) is 65.7 Å². The minimum Gasteiger partial charge on any atom is -0.326 e. The van der Waals surface area contributed by atoms with E-state index in [1.54, 1.807) is 0 Å². The van der Waals surface area contributed by atoms with Crippen molar-refractivity contribution in [1.29, 1.82) is 0 Å². The van der Waals surface area contributed by atoms with Crippen LogP contribution in [0.3, 0.4) is 0 Å². The summed E-state index contributed by atoms with van der Waals surface area (Å²) in [5, 5.41) is 0. The molecule has 2 rings (SSSR count). The molecule has 1 heterocycles. The molecule has 1 aliphatic heterocycles. The van der Waals surface area contributed by atoms with Crippen molar-refractivity contribution >= 4 is 0 Å². The molecule has 0 aromatic heterocycles. The van der Waals surface area contributed by atoms with Crippen molar-refractivity contribution in [3.05, 3.63) is 0 Å². The fourth-order valence-corrected chi connectivity index (χ4v) is 4.08. The number of hydrogen-bond acceptors (Lipinski definition) is 2. The Kier molecular flexibility index (Phi) is 4.71. The third-order valence-corrected chi connectivity index (χ3v) is 5.96. The summed E-state index contributed by atoms with van der Waals surface area (Å²) in [5.41, 5.74) is 7.00. The molecule has 3 atom stereocenters. The first kappa shape index (κ1) is 14.3. The zero-order chi connectivity index (χ0) is 13.2. The van der Waals surface area contributed by atoms with Gasteiger partial charge in [0.2, 0.25) is 0 Å². The van der Waals surface area contributed by atoms with E-state index in [2.05, 4.69) is 25.7 Å². The molecule has 3 unspecified atom stereocenters. The van der Waals surface area contributed by atoms with Gasteiger partial charge >= 0.3 is 0 Å². The highest BCUT2D eigenvalue weighted by Crippen LogP contribution is 2.39. The summed E-state index contributed by atoms with van der Waals surface area (Å²) in [6.45, 7) is 9.70.